The molecule has 0 radical (unpaired) electrons. The highest BCUT2D eigenvalue weighted by Crippen LogP contribution is 2.26. The second-order valence-corrected chi connectivity index (χ2v) is 6.66. The Morgan fingerprint density at radius 1 is 1.25 bits per heavy atom. The second kappa shape index (κ2) is 7.40. The third-order valence-electron chi connectivity index (χ3n) is 4.29. The molecule has 0 spiro atoms. The molecule has 1 aliphatic heterocycles. The van der Waals surface area contributed by atoms with Crippen LogP contribution in [-0.4, -0.2) is 39.5 Å². The summed E-state index contributed by atoms with van der Waals surface area (Å²) < 4.78 is 2.84. The first-order valence-corrected chi connectivity index (χ1v) is 8.20. The normalized spacial score (nSPS) is 16.8. The average molecular weight is 414 g/mol. The van der Waals surface area contributed by atoms with Gasteiger partial charge in [0, 0.05) is 30.3 Å². The number of hydrogen-bond donors (Lipinski definition) is 1. The zero-order chi connectivity index (χ0) is 16.6. The van der Waals surface area contributed by atoms with Gasteiger partial charge in [-0.3, -0.25) is 9.59 Å². The summed E-state index contributed by atoms with van der Waals surface area (Å²) in [5, 5.41) is 9.07. The molecule has 2 aromatic rings. The number of rotatable bonds is 3. The molecule has 1 aromatic carbocycles. The van der Waals surface area contributed by atoms with Gasteiger partial charge in [-0.05, 0) is 36.2 Å². The van der Waals surface area contributed by atoms with Gasteiger partial charge in [-0.1, -0.05) is 28.1 Å². The van der Waals surface area contributed by atoms with Gasteiger partial charge in [0.1, 0.15) is 5.69 Å². The lowest BCUT2D eigenvalue weighted by molar-refractivity contribution is -0.141. The zero-order valence-corrected chi connectivity index (χ0v) is 15.5. The highest BCUT2D eigenvalue weighted by molar-refractivity contribution is 9.10. The van der Waals surface area contributed by atoms with E-state index in [1.54, 1.807) is 11.0 Å². The van der Waals surface area contributed by atoms with Crippen molar-refractivity contribution in [3.8, 4) is 11.3 Å². The second-order valence-electron chi connectivity index (χ2n) is 5.75. The van der Waals surface area contributed by atoms with Crippen LogP contribution in [0.3, 0.4) is 0 Å². The van der Waals surface area contributed by atoms with Gasteiger partial charge in [-0.25, -0.2) is 0 Å². The zero-order valence-electron chi connectivity index (χ0n) is 13.1. The van der Waals surface area contributed by atoms with Crippen LogP contribution in [0.2, 0.25) is 0 Å². The molecule has 5 nitrogen and oxygen atoms in total. The number of likely N-dealkylation sites (tertiary alicyclic amines) is 1. The number of halogens is 2. The molecule has 0 saturated carbocycles. The number of carbonyl (C=O) groups is 2. The maximum atomic E-state index is 12.7. The largest absolute Gasteiger partial charge is 0.481 e. The molecule has 1 fully saturated rings. The molecular weight excluding hydrogens is 396 g/mol. The van der Waals surface area contributed by atoms with Gasteiger partial charge in [-0.15, -0.1) is 12.4 Å². The monoisotopic (exact) mass is 412 g/mol. The third kappa shape index (κ3) is 3.49. The van der Waals surface area contributed by atoms with E-state index in [0.717, 1.165) is 15.7 Å². The van der Waals surface area contributed by atoms with Crippen LogP contribution in [0.25, 0.3) is 11.3 Å². The van der Waals surface area contributed by atoms with Gasteiger partial charge in [-0.2, -0.15) is 0 Å². The molecule has 1 aromatic heterocycles. The molecule has 3 rings (SSSR count). The third-order valence-corrected chi connectivity index (χ3v) is 4.78. The predicted octanol–water partition coefficient (Wildman–Crippen LogP) is 3.42. The molecule has 2 heterocycles. The smallest absolute Gasteiger partial charge is 0.308 e. The van der Waals surface area contributed by atoms with E-state index in [0.29, 0.717) is 18.7 Å². The summed E-state index contributed by atoms with van der Waals surface area (Å²) in [6.07, 6.45) is 0.518. The summed E-state index contributed by atoms with van der Waals surface area (Å²) >= 11 is 3.45. The lowest BCUT2D eigenvalue weighted by Gasteiger charge is -2.17. The van der Waals surface area contributed by atoms with Gasteiger partial charge in [0.2, 0.25) is 0 Å². The summed E-state index contributed by atoms with van der Waals surface area (Å²) in [5.41, 5.74) is 2.54. The van der Waals surface area contributed by atoms with E-state index < -0.39 is 11.9 Å². The van der Waals surface area contributed by atoms with Gasteiger partial charge in [0.25, 0.3) is 5.91 Å². The van der Waals surface area contributed by atoms with Gasteiger partial charge in [0.05, 0.1) is 5.92 Å². The van der Waals surface area contributed by atoms with E-state index in [2.05, 4.69) is 15.9 Å². The lowest BCUT2D eigenvalue weighted by Crippen LogP contribution is -2.31. The molecular formula is C17H18BrClN2O3. The summed E-state index contributed by atoms with van der Waals surface area (Å²) in [7, 11) is 1.86. The van der Waals surface area contributed by atoms with Crippen LogP contribution in [-0.2, 0) is 11.8 Å². The molecule has 1 unspecified atom stereocenters. The van der Waals surface area contributed by atoms with E-state index in [9.17, 15) is 9.59 Å². The highest BCUT2D eigenvalue weighted by atomic mass is 79.9. The first-order chi connectivity index (χ1) is 11.0. The predicted molar refractivity (Wildman–Crippen MR) is 97.4 cm³/mol. The maximum Gasteiger partial charge on any atom is 0.308 e. The summed E-state index contributed by atoms with van der Waals surface area (Å²) in [6, 6.07) is 11.6. The number of amides is 1. The molecule has 1 atom stereocenters. The molecule has 0 aliphatic carbocycles. The van der Waals surface area contributed by atoms with Crippen molar-refractivity contribution < 1.29 is 14.7 Å². The molecule has 1 N–H and O–H groups in total. The van der Waals surface area contributed by atoms with Crippen molar-refractivity contribution in [2.24, 2.45) is 13.0 Å². The number of benzene rings is 1. The van der Waals surface area contributed by atoms with Crippen molar-refractivity contribution in [1.82, 2.24) is 9.47 Å². The Morgan fingerprint density at radius 3 is 2.62 bits per heavy atom. The van der Waals surface area contributed by atoms with Crippen LogP contribution in [0.5, 0.6) is 0 Å². The Kier molecular flexibility index (Phi) is 5.72. The van der Waals surface area contributed by atoms with Crippen molar-refractivity contribution in [2.75, 3.05) is 13.1 Å². The minimum atomic E-state index is -0.831. The van der Waals surface area contributed by atoms with E-state index >= 15 is 0 Å². The molecule has 0 bridgehead atoms. The standard InChI is InChI=1S/C17H17BrN2O3.ClH/c1-19-14(11-3-2-4-13(18)9-11)5-6-15(19)16(21)20-8-7-12(10-20)17(22)23;/h2-6,9,12H,7-8,10H2,1H3,(H,22,23);1H. The Hall–Kier alpha value is -1.79. The van der Waals surface area contributed by atoms with Gasteiger partial charge >= 0.3 is 5.97 Å². The number of carboxylic acid groups (broad SMARTS) is 1. The Balaban J connectivity index is 0.00000208. The minimum absolute atomic E-state index is 0. The fourth-order valence-electron chi connectivity index (χ4n) is 2.97. The Bertz CT molecular complexity index is 775. The van der Waals surface area contributed by atoms with Crippen molar-refractivity contribution >= 4 is 40.2 Å². The van der Waals surface area contributed by atoms with E-state index in [4.69, 9.17) is 5.11 Å². The van der Waals surface area contributed by atoms with E-state index in [-0.39, 0.29) is 24.9 Å². The molecule has 1 saturated heterocycles. The Labute approximate surface area is 154 Å². The molecule has 24 heavy (non-hydrogen) atoms. The van der Waals surface area contributed by atoms with Crippen LogP contribution in [0.15, 0.2) is 40.9 Å². The van der Waals surface area contributed by atoms with Crippen molar-refractivity contribution in [3.63, 3.8) is 0 Å². The van der Waals surface area contributed by atoms with Gasteiger partial charge < -0.3 is 14.6 Å². The number of nitrogens with zero attached hydrogens (tertiary/aromatic N) is 2. The molecule has 128 valence electrons. The van der Waals surface area contributed by atoms with Crippen LogP contribution < -0.4 is 0 Å². The first kappa shape index (κ1) is 18.5. The fourth-order valence-corrected chi connectivity index (χ4v) is 3.37. The summed E-state index contributed by atoms with van der Waals surface area (Å²) in [6.45, 7) is 0.777. The molecule has 7 heteroatoms. The van der Waals surface area contributed by atoms with Crippen LogP contribution in [0, 0.1) is 5.92 Å². The number of aliphatic carboxylic acids is 1. The summed E-state index contributed by atoms with van der Waals surface area (Å²) in [5.74, 6) is -1.40. The first-order valence-electron chi connectivity index (χ1n) is 7.41. The average Bonchev–Trinajstić information content (AvgIpc) is 3.13. The molecule has 1 amide bonds. The maximum absolute atomic E-state index is 12.7. The van der Waals surface area contributed by atoms with Crippen LogP contribution in [0.1, 0.15) is 16.9 Å². The Morgan fingerprint density at radius 2 is 2.00 bits per heavy atom. The van der Waals surface area contributed by atoms with E-state index in [1.165, 1.54) is 0 Å². The quantitative estimate of drug-likeness (QED) is 0.838. The number of hydrogen-bond acceptors (Lipinski definition) is 2. The topological polar surface area (TPSA) is 62.5 Å². The fraction of sp³-hybridized carbons (Fsp3) is 0.294. The van der Waals surface area contributed by atoms with Crippen LogP contribution in [0.4, 0.5) is 0 Å². The van der Waals surface area contributed by atoms with E-state index in [1.807, 2.05) is 41.9 Å². The number of carboxylic acids is 1. The molecule has 1 aliphatic rings. The minimum Gasteiger partial charge on any atom is -0.481 e. The summed E-state index contributed by atoms with van der Waals surface area (Å²) in [4.78, 5) is 25.3. The van der Waals surface area contributed by atoms with Crippen LogP contribution >= 0.6 is 28.3 Å². The number of carbonyl (C=O) groups excluding carboxylic acids is 1. The van der Waals surface area contributed by atoms with Crippen molar-refractivity contribution in [2.45, 2.75) is 6.42 Å². The highest BCUT2D eigenvalue weighted by Gasteiger charge is 2.32. The van der Waals surface area contributed by atoms with Gasteiger partial charge in [0.15, 0.2) is 0 Å². The number of aromatic nitrogens is 1. The van der Waals surface area contributed by atoms with Crippen molar-refractivity contribution in [3.05, 3.63) is 46.6 Å². The van der Waals surface area contributed by atoms with Crippen molar-refractivity contribution in [1.29, 1.82) is 0 Å². The lowest BCUT2D eigenvalue weighted by atomic mass is 10.1. The SMILES string of the molecule is Cl.Cn1c(C(=O)N2CCC(C(=O)O)C2)ccc1-c1cccc(Br)c1.